The van der Waals surface area contributed by atoms with Gasteiger partial charge in [0.25, 0.3) is 0 Å². The molecule has 0 aromatic heterocycles. The maximum absolute atomic E-state index is 13.0. The molecule has 0 saturated heterocycles. The van der Waals surface area contributed by atoms with Gasteiger partial charge < -0.3 is 9.47 Å². The first-order chi connectivity index (χ1) is 7.56. The molecule has 3 nitrogen and oxygen atoms in total. The first-order valence-electron chi connectivity index (χ1n) is 4.60. The SMILES string of the molecule is COC(OC)C(=O)Cc1cc(F)cc(Br)c1. The topological polar surface area (TPSA) is 35.5 Å². The van der Waals surface area contributed by atoms with Crippen molar-refractivity contribution in [2.24, 2.45) is 0 Å². The van der Waals surface area contributed by atoms with Gasteiger partial charge in [0.1, 0.15) is 5.82 Å². The highest BCUT2D eigenvalue weighted by atomic mass is 79.9. The van der Waals surface area contributed by atoms with Gasteiger partial charge in [-0.3, -0.25) is 4.79 Å². The molecule has 1 rings (SSSR count). The third-order valence-electron chi connectivity index (χ3n) is 1.99. The van der Waals surface area contributed by atoms with Gasteiger partial charge in [0.15, 0.2) is 5.78 Å². The average Bonchev–Trinajstić information content (AvgIpc) is 2.17. The fourth-order valence-corrected chi connectivity index (χ4v) is 1.87. The van der Waals surface area contributed by atoms with E-state index in [4.69, 9.17) is 9.47 Å². The van der Waals surface area contributed by atoms with Crippen LogP contribution in [0.2, 0.25) is 0 Å². The summed E-state index contributed by atoms with van der Waals surface area (Å²) < 4.78 is 23.3. The number of rotatable bonds is 5. The summed E-state index contributed by atoms with van der Waals surface area (Å²) in [5, 5.41) is 0. The lowest BCUT2D eigenvalue weighted by molar-refractivity contribution is -0.155. The van der Waals surface area contributed by atoms with Crippen molar-refractivity contribution in [2.75, 3.05) is 14.2 Å². The molecule has 1 aromatic rings. The number of hydrogen-bond acceptors (Lipinski definition) is 3. The minimum atomic E-state index is -0.901. The van der Waals surface area contributed by atoms with Crippen LogP contribution < -0.4 is 0 Å². The van der Waals surface area contributed by atoms with E-state index in [-0.39, 0.29) is 18.0 Å². The lowest BCUT2D eigenvalue weighted by Crippen LogP contribution is -2.26. The maximum Gasteiger partial charge on any atom is 0.217 e. The van der Waals surface area contributed by atoms with Crippen molar-refractivity contribution >= 4 is 21.7 Å². The molecular weight excluding hydrogens is 279 g/mol. The average molecular weight is 291 g/mol. The highest BCUT2D eigenvalue weighted by molar-refractivity contribution is 9.10. The van der Waals surface area contributed by atoms with Crippen molar-refractivity contribution in [3.05, 3.63) is 34.1 Å². The standard InChI is InChI=1S/C11H12BrFO3/c1-15-11(16-2)10(14)5-7-3-8(12)6-9(13)4-7/h3-4,6,11H,5H2,1-2H3. The Bertz CT molecular complexity index is 357. The Kier molecular flexibility index (Phi) is 5.05. The molecule has 0 N–H and O–H groups in total. The fourth-order valence-electron chi connectivity index (χ4n) is 1.36. The maximum atomic E-state index is 13.0. The van der Waals surface area contributed by atoms with Crippen LogP contribution in [0.15, 0.2) is 22.7 Å². The Morgan fingerprint density at radius 1 is 1.38 bits per heavy atom. The Labute approximate surface area is 102 Å². The number of halogens is 2. The predicted molar refractivity (Wildman–Crippen MR) is 60.6 cm³/mol. The molecule has 1 aromatic carbocycles. The summed E-state index contributed by atoms with van der Waals surface area (Å²) in [4.78, 5) is 11.6. The minimum Gasteiger partial charge on any atom is -0.349 e. The number of carbonyl (C=O) groups is 1. The molecule has 0 amide bonds. The van der Waals surface area contributed by atoms with E-state index in [9.17, 15) is 9.18 Å². The van der Waals surface area contributed by atoms with Gasteiger partial charge in [0.2, 0.25) is 6.29 Å². The van der Waals surface area contributed by atoms with Crippen LogP contribution in [0.25, 0.3) is 0 Å². The molecule has 0 atom stereocenters. The molecule has 0 unspecified atom stereocenters. The Morgan fingerprint density at radius 2 is 2.00 bits per heavy atom. The van der Waals surface area contributed by atoms with Gasteiger partial charge >= 0.3 is 0 Å². The summed E-state index contributed by atoms with van der Waals surface area (Å²) in [7, 11) is 2.76. The van der Waals surface area contributed by atoms with Crippen LogP contribution in [-0.4, -0.2) is 26.3 Å². The van der Waals surface area contributed by atoms with Crippen LogP contribution in [0.4, 0.5) is 4.39 Å². The molecule has 0 saturated carbocycles. The van der Waals surface area contributed by atoms with Crippen molar-refractivity contribution < 1.29 is 18.7 Å². The highest BCUT2D eigenvalue weighted by Gasteiger charge is 2.17. The van der Waals surface area contributed by atoms with Gasteiger partial charge in [-0.15, -0.1) is 0 Å². The second-order valence-electron chi connectivity index (χ2n) is 3.22. The summed E-state index contributed by atoms with van der Waals surface area (Å²) in [6.45, 7) is 0. The highest BCUT2D eigenvalue weighted by Crippen LogP contribution is 2.16. The van der Waals surface area contributed by atoms with Crippen LogP contribution in [-0.2, 0) is 20.7 Å². The summed E-state index contributed by atoms with van der Waals surface area (Å²) in [5.74, 6) is -0.633. The first-order valence-corrected chi connectivity index (χ1v) is 5.39. The van der Waals surface area contributed by atoms with Crippen molar-refractivity contribution in [3.63, 3.8) is 0 Å². The Hall–Kier alpha value is -0.780. The number of benzene rings is 1. The number of ether oxygens (including phenoxy) is 2. The molecule has 0 fully saturated rings. The van der Waals surface area contributed by atoms with Gasteiger partial charge in [-0.05, 0) is 23.8 Å². The summed E-state index contributed by atoms with van der Waals surface area (Å²) in [6, 6.07) is 4.33. The van der Waals surface area contributed by atoms with E-state index in [1.165, 1.54) is 26.4 Å². The van der Waals surface area contributed by atoms with Crippen LogP contribution in [0.5, 0.6) is 0 Å². The zero-order valence-electron chi connectivity index (χ0n) is 9.00. The monoisotopic (exact) mass is 290 g/mol. The lowest BCUT2D eigenvalue weighted by Gasteiger charge is -2.11. The van der Waals surface area contributed by atoms with Crippen molar-refractivity contribution in [1.82, 2.24) is 0 Å². The first kappa shape index (κ1) is 13.3. The van der Waals surface area contributed by atoms with Gasteiger partial charge in [0.05, 0.1) is 0 Å². The van der Waals surface area contributed by atoms with E-state index in [1.807, 2.05) is 0 Å². The number of hydrogen-bond donors (Lipinski definition) is 0. The van der Waals surface area contributed by atoms with Crippen LogP contribution in [0.3, 0.4) is 0 Å². The number of ketones is 1. The van der Waals surface area contributed by atoms with E-state index >= 15 is 0 Å². The predicted octanol–water partition coefficient (Wildman–Crippen LogP) is 2.32. The van der Waals surface area contributed by atoms with Gasteiger partial charge in [-0.1, -0.05) is 15.9 Å². The second-order valence-corrected chi connectivity index (χ2v) is 4.14. The molecular formula is C11H12BrFO3. The van der Waals surface area contributed by atoms with Gasteiger partial charge in [0, 0.05) is 25.1 Å². The van der Waals surface area contributed by atoms with Crippen LogP contribution in [0, 0.1) is 5.82 Å². The molecule has 0 heterocycles. The van der Waals surface area contributed by atoms with E-state index in [1.54, 1.807) is 6.07 Å². The smallest absolute Gasteiger partial charge is 0.217 e. The third-order valence-corrected chi connectivity index (χ3v) is 2.45. The molecule has 5 heteroatoms. The van der Waals surface area contributed by atoms with Gasteiger partial charge in [-0.25, -0.2) is 4.39 Å². The molecule has 0 aliphatic rings. The van der Waals surface area contributed by atoms with E-state index in [0.717, 1.165) is 0 Å². The van der Waals surface area contributed by atoms with Crippen LogP contribution in [0.1, 0.15) is 5.56 Å². The zero-order chi connectivity index (χ0) is 12.1. The molecule has 0 bridgehead atoms. The van der Waals surface area contributed by atoms with Crippen molar-refractivity contribution in [2.45, 2.75) is 12.7 Å². The number of carbonyl (C=O) groups excluding carboxylic acids is 1. The zero-order valence-corrected chi connectivity index (χ0v) is 10.6. The van der Waals surface area contributed by atoms with Gasteiger partial charge in [-0.2, -0.15) is 0 Å². The largest absolute Gasteiger partial charge is 0.349 e. The molecule has 0 aliphatic carbocycles. The quantitative estimate of drug-likeness (QED) is 0.781. The molecule has 0 aliphatic heterocycles. The molecule has 16 heavy (non-hydrogen) atoms. The number of methoxy groups -OCH3 is 2. The molecule has 0 spiro atoms. The fraction of sp³-hybridized carbons (Fsp3) is 0.364. The van der Waals surface area contributed by atoms with E-state index in [2.05, 4.69) is 15.9 Å². The third kappa shape index (κ3) is 3.66. The molecule has 0 radical (unpaired) electrons. The normalized spacial score (nSPS) is 10.8. The summed E-state index contributed by atoms with van der Waals surface area (Å²) in [5.41, 5.74) is 0.580. The Morgan fingerprint density at radius 3 is 2.50 bits per heavy atom. The van der Waals surface area contributed by atoms with E-state index in [0.29, 0.717) is 10.0 Å². The Balaban J connectivity index is 2.76. The van der Waals surface area contributed by atoms with Crippen LogP contribution >= 0.6 is 15.9 Å². The summed E-state index contributed by atoms with van der Waals surface area (Å²) >= 11 is 3.16. The minimum absolute atomic E-state index is 0.0721. The lowest BCUT2D eigenvalue weighted by atomic mass is 10.1. The number of Topliss-reactive ketones (excluding diaryl/α,β-unsaturated/α-hetero) is 1. The second kappa shape index (κ2) is 6.08. The summed E-state index contributed by atoms with van der Waals surface area (Å²) in [6.07, 6.45) is -0.829. The van der Waals surface area contributed by atoms with Crippen molar-refractivity contribution in [1.29, 1.82) is 0 Å². The van der Waals surface area contributed by atoms with E-state index < -0.39 is 6.29 Å². The van der Waals surface area contributed by atoms with Crippen molar-refractivity contribution in [3.8, 4) is 0 Å². The molecule has 88 valence electrons.